The SMILES string of the molecule is Cc1ccc(-c2nc(N)nc(-n3cccn3)n2)s1. The van der Waals surface area contributed by atoms with Crippen LogP contribution < -0.4 is 5.73 Å². The molecular formula is C11H10N6S. The van der Waals surface area contributed by atoms with Crippen LogP contribution in [0.1, 0.15) is 4.88 Å². The molecule has 0 radical (unpaired) electrons. The zero-order valence-electron chi connectivity index (χ0n) is 9.61. The number of aryl methyl sites for hydroxylation is 1. The highest BCUT2D eigenvalue weighted by Crippen LogP contribution is 2.25. The van der Waals surface area contributed by atoms with E-state index in [2.05, 4.69) is 20.1 Å². The van der Waals surface area contributed by atoms with Crippen LogP contribution >= 0.6 is 11.3 Å². The first kappa shape index (κ1) is 10.8. The molecule has 0 amide bonds. The first-order valence-electron chi connectivity index (χ1n) is 5.31. The number of hydrogen-bond acceptors (Lipinski definition) is 6. The molecule has 0 aliphatic heterocycles. The number of aromatic nitrogens is 5. The van der Waals surface area contributed by atoms with Crippen molar-refractivity contribution in [3.63, 3.8) is 0 Å². The third-order valence-corrected chi connectivity index (χ3v) is 3.31. The van der Waals surface area contributed by atoms with E-state index < -0.39 is 0 Å². The van der Waals surface area contributed by atoms with Gasteiger partial charge in [-0.05, 0) is 25.1 Å². The lowest BCUT2D eigenvalue weighted by atomic mass is 10.4. The molecule has 0 aliphatic rings. The van der Waals surface area contributed by atoms with Crippen molar-refractivity contribution in [2.24, 2.45) is 0 Å². The maximum Gasteiger partial charge on any atom is 0.255 e. The monoisotopic (exact) mass is 258 g/mol. The number of nitrogens with two attached hydrogens (primary N) is 1. The van der Waals surface area contributed by atoms with Crippen molar-refractivity contribution in [1.82, 2.24) is 24.7 Å². The summed E-state index contributed by atoms with van der Waals surface area (Å²) in [6.07, 6.45) is 3.42. The topological polar surface area (TPSA) is 82.5 Å². The minimum atomic E-state index is 0.191. The van der Waals surface area contributed by atoms with E-state index in [-0.39, 0.29) is 5.95 Å². The van der Waals surface area contributed by atoms with Crippen molar-refractivity contribution in [1.29, 1.82) is 0 Å². The summed E-state index contributed by atoms with van der Waals surface area (Å²) in [5, 5.41) is 4.08. The number of hydrogen-bond donors (Lipinski definition) is 1. The fraction of sp³-hybridized carbons (Fsp3) is 0.0909. The normalized spacial score (nSPS) is 10.7. The van der Waals surface area contributed by atoms with Gasteiger partial charge < -0.3 is 5.73 Å². The Labute approximate surface area is 107 Å². The van der Waals surface area contributed by atoms with Gasteiger partial charge in [0.1, 0.15) is 0 Å². The second kappa shape index (κ2) is 4.19. The Kier molecular flexibility index (Phi) is 2.52. The Hall–Kier alpha value is -2.28. The summed E-state index contributed by atoms with van der Waals surface area (Å²) in [5.74, 6) is 1.19. The lowest BCUT2D eigenvalue weighted by molar-refractivity contribution is 0.802. The average molecular weight is 258 g/mol. The molecule has 3 heterocycles. The van der Waals surface area contributed by atoms with Crippen LogP contribution in [0.5, 0.6) is 0 Å². The molecule has 6 nitrogen and oxygen atoms in total. The molecule has 0 unspecified atom stereocenters. The molecule has 0 saturated heterocycles. The molecular weight excluding hydrogens is 248 g/mol. The molecule has 0 aromatic carbocycles. The van der Waals surface area contributed by atoms with E-state index in [1.807, 2.05) is 19.1 Å². The van der Waals surface area contributed by atoms with Gasteiger partial charge in [0.2, 0.25) is 5.95 Å². The van der Waals surface area contributed by atoms with E-state index in [1.165, 1.54) is 4.88 Å². The summed E-state index contributed by atoms with van der Waals surface area (Å²) in [5.41, 5.74) is 5.71. The molecule has 0 saturated carbocycles. The van der Waals surface area contributed by atoms with Crippen molar-refractivity contribution in [2.45, 2.75) is 6.92 Å². The van der Waals surface area contributed by atoms with Crippen LogP contribution in [-0.2, 0) is 0 Å². The average Bonchev–Trinajstić information content (AvgIpc) is 2.98. The third-order valence-electron chi connectivity index (χ3n) is 2.31. The summed E-state index contributed by atoms with van der Waals surface area (Å²) in [6.45, 7) is 2.03. The molecule has 3 aromatic rings. The molecule has 0 bridgehead atoms. The maximum absolute atomic E-state index is 5.71. The van der Waals surface area contributed by atoms with Crippen molar-refractivity contribution < 1.29 is 0 Å². The van der Waals surface area contributed by atoms with Gasteiger partial charge in [-0.2, -0.15) is 20.1 Å². The minimum absolute atomic E-state index is 0.191. The molecule has 0 spiro atoms. The molecule has 0 aliphatic carbocycles. The van der Waals surface area contributed by atoms with Crippen LogP contribution in [0.15, 0.2) is 30.6 Å². The Morgan fingerprint density at radius 3 is 2.78 bits per heavy atom. The number of rotatable bonds is 2. The van der Waals surface area contributed by atoms with Crippen molar-refractivity contribution in [3.05, 3.63) is 35.5 Å². The van der Waals surface area contributed by atoms with Gasteiger partial charge >= 0.3 is 0 Å². The standard InChI is InChI=1S/C11H10N6S/c1-7-3-4-8(18-7)9-14-10(12)16-11(15-9)17-6-2-5-13-17/h2-6H,1H3,(H2,12,14,15,16). The smallest absolute Gasteiger partial charge is 0.255 e. The van der Waals surface area contributed by atoms with Crippen LogP contribution in [0.2, 0.25) is 0 Å². The number of nitrogen functional groups attached to an aromatic ring is 1. The molecule has 3 aromatic heterocycles. The zero-order chi connectivity index (χ0) is 12.5. The van der Waals surface area contributed by atoms with Crippen LogP contribution in [-0.4, -0.2) is 24.7 Å². The van der Waals surface area contributed by atoms with E-state index >= 15 is 0 Å². The molecule has 2 N–H and O–H groups in total. The molecule has 90 valence electrons. The second-order valence-electron chi connectivity index (χ2n) is 3.68. The molecule has 7 heteroatoms. The van der Waals surface area contributed by atoms with Crippen molar-refractivity contribution in [2.75, 3.05) is 5.73 Å². The van der Waals surface area contributed by atoms with Crippen LogP contribution in [0.3, 0.4) is 0 Å². The summed E-state index contributed by atoms with van der Waals surface area (Å²) < 4.78 is 1.56. The fourth-order valence-electron chi connectivity index (χ4n) is 1.54. The highest BCUT2D eigenvalue weighted by Gasteiger charge is 2.09. The van der Waals surface area contributed by atoms with Crippen molar-refractivity contribution >= 4 is 17.3 Å². The molecule has 3 rings (SSSR count). The van der Waals surface area contributed by atoms with Gasteiger partial charge in [-0.1, -0.05) is 0 Å². The van der Waals surface area contributed by atoms with E-state index in [4.69, 9.17) is 5.73 Å². The van der Waals surface area contributed by atoms with Crippen LogP contribution in [0.4, 0.5) is 5.95 Å². The van der Waals surface area contributed by atoms with E-state index in [0.29, 0.717) is 11.8 Å². The Bertz CT molecular complexity index is 673. The number of thiophene rings is 1. The fourth-order valence-corrected chi connectivity index (χ4v) is 2.34. The first-order chi connectivity index (χ1) is 8.72. The van der Waals surface area contributed by atoms with E-state index in [0.717, 1.165) is 4.88 Å². The van der Waals surface area contributed by atoms with Gasteiger partial charge in [0.15, 0.2) is 5.82 Å². The van der Waals surface area contributed by atoms with Gasteiger partial charge in [0.25, 0.3) is 5.95 Å². The lowest BCUT2D eigenvalue weighted by Crippen LogP contribution is -2.07. The van der Waals surface area contributed by atoms with Gasteiger partial charge in [0, 0.05) is 17.3 Å². The van der Waals surface area contributed by atoms with E-state index in [9.17, 15) is 0 Å². The Balaban J connectivity index is 2.11. The molecule has 18 heavy (non-hydrogen) atoms. The van der Waals surface area contributed by atoms with Gasteiger partial charge in [0.05, 0.1) is 4.88 Å². The number of anilines is 1. The molecule has 0 fully saturated rings. The highest BCUT2D eigenvalue weighted by molar-refractivity contribution is 7.15. The predicted molar refractivity (Wildman–Crippen MR) is 69.4 cm³/mol. The predicted octanol–water partition coefficient (Wildman–Crippen LogP) is 1.68. The summed E-state index contributed by atoms with van der Waals surface area (Å²) in [6, 6.07) is 5.80. The maximum atomic E-state index is 5.71. The summed E-state index contributed by atoms with van der Waals surface area (Å²) in [7, 11) is 0. The highest BCUT2D eigenvalue weighted by atomic mass is 32.1. The Morgan fingerprint density at radius 1 is 1.22 bits per heavy atom. The lowest BCUT2D eigenvalue weighted by Gasteiger charge is -2.02. The quantitative estimate of drug-likeness (QED) is 0.756. The van der Waals surface area contributed by atoms with Crippen LogP contribution in [0.25, 0.3) is 16.6 Å². The number of nitrogens with zero attached hydrogens (tertiary/aromatic N) is 5. The van der Waals surface area contributed by atoms with Gasteiger partial charge in [-0.3, -0.25) is 0 Å². The minimum Gasteiger partial charge on any atom is -0.368 e. The largest absolute Gasteiger partial charge is 0.368 e. The summed E-state index contributed by atoms with van der Waals surface area (Å²) >= 11 is 1.62. The Morgan fingerprint density at radius 2 is 2.11 bits per heavy atom. The third kappa shape index (κ3) is 1.95. The first-order valence-corrected chi connectivity index (χ1v) is 6.12. The van der Waals surface area contributed by atoms with Gasteiger partial charge in [-0.25, -0.2) is 4.68 Å². The van der Waals surface area contributed by atoms with E-state index in [1.54, 1.807) is 34.5 Å². The van der Waals surface area contributed by atoms with Gasteiger partial charge in [-0.15, -0.1) is 11.3 Å². The second-order valence-corrected chi connectivity index (χ2v) is 4.97. The van der Waals surface area contributed by atoms with Crippen molar-refractivity contribution in [3.8, 4) is 16.6 Å². The summed E-state index contributed by atoms with van der Waals surface area (Å²) in [4.78, 5) is 14.8. The molecule has 0 atom stereocenters. The zero-order valence-corrected chi connectivity index (χ0v) is 10.4. The van der Waals surface area contributed by atoms with Crippen LogP contribution in [0, 0.1) is 6.92 Å².